The summed E-state index contributed by atoms with van der Waals surface area (Å²) in [6, 6.07) is 5.83. The number of rotatable bonds is 4. The molecule has 0 amide bonds. The first-order valence-corrected chi connectivity index (χ1v) is 5.95. The van der Waals surface area contributed by atoms with Gasteiger partial charge in [0.2, 0.25) is 0 Å². The summed E-state index contributed by atoms with van der Waals surface area (Å²) in [5.41, 5.74) is 1.34. The highest BCUT2D eigenvalue weighted by Gasteiger charge is 2.14. The van der Waals surface area contributed by atoms with E-state index in [1.807, 2.05) is 6.08 Å². The van der Waals surface area contributed by atoms with Crippen molar-refractivity contribution in [2.75, 3.05) is 0 Å². The molecule has 1 aliphatic carbocycles. The first kappa shape index (κ1) is 12.7. The molecule has 2 nitrogen and oxygen atoms in total. The number of ketones is 1. The molecule has 0 fully saturated rings. The van der Waals surface area contributed by atoms with Gasteiger partial charge in [0.25, 0.3) is 0 Å². The van der Waals surface area contributed by atoms with Gasteiger partial charge in [-0.05, 0) is 55.5 Å². The minimum Gasteiger partial charge on any atom is -0.435 e. The van der Waals surface area contributed by atoms with E-state index in [-0.39, 0.29) is 11.5 Å². The van der Waals surface area contributed by atoms with E-state index in [0.29, 0.717) is 5.56 Å². The molecule has 2 rings (SSSR count). The number of hydrogen-bond donors (Lipinski definition) is 0. The first-order valence-electron chi connectivity index (χ1n) is 5.95. The van der Waals surface area contributed by atoms with Gasteiger partial charge in [0, 0.05) is 5.56 Å². The van der Waals surface area contributed by atoms with Crippen LogP contribution in [0.2, 0.25) is 0 Å². The van der Waals surface area contributed by atoms with Crippen molar-refractivity contribution >= 4 is 5.78 Å². The molecule has 1 aromatic rings. The van der Waals surface area contributed by atoms with Crippen LogP contribution >= 0.6 is 0 Å². The molecule has 18 heavy (non-hydrogen) atoms. The summed E-state index contributed by atoms with van der Waals surface area (Å²) in [5.74, 6) is 0.0532. The zero-order valence-corrected chi connectivity index (χ0v) is 9.86. The summed E-state index contributed by atoms with van der Waals surface area (Å²) in [5, 5.41) is 0. The molecule has 0 N–H and O–H groups in total. The second-order valence-corrected chi connectivity index (χ2v) is 4.21. The Bertz CT molecular complexity index is 449. The quantitative estimate of drug-likeness (QED) is 0.758. The molecule has 0 saturated carbocycles. The Balaban J connectivity index is 2.09. The van der Waals surface area contributed by atoms with Gasteiger partial charge < -0.3 is 4.74 Å². The van der Waals surface area contributed by atoms with Crippen molar-refractivity contribution in [2.24, 2.45) is 0 Å². The van der Waals surface area contributed by atoms with Crippen molar-refractivity contribution in [1.82, 2.24) is 0 Å². The lowest BCUT2D eigenvalue weighted by Gasteiger charge is -2.11. The molecule has 4 heteroatoms. The Morgan fingerprint density at radius 1 is 1.17 bits per heavy atom. The highest BCUT2D eigenvalue weighted by Crippen LogP contribution is 2.22. The van der Waals surface area contributed by atoms with Gasteiger partial charge in [-0.3, -0.25) is 4.79 Å². The summed E-state index contributed by atoms with van der Waals surface area (Å²) >= 11 is 0. The molecule has 96 valence electrons. The number of carbonyl (C=O) groups excluding carboxylic acids is 1. The predicted molar refractivity (Wildman–Crippen MR) is 64.0 cm³/mol. The van der Waals surface area contributed by atoms with Gasteiger partial charge in [0.05, 0.1) is 0 Å². The van der Waals surface area contributed by atoms with E-state index in [0.717, 1.165) is 31.3 Å². The highest BCUT2D eigenvalue weighted by molar-refractivity contribution is 6.08. The van der Waals surface area contributed by atoms with E-state index in [1.54, 1.807) is 0 Å². The minimum atomic E-state index is -2.84. The third kappa shape index (κ3) is 3.15. The lowest BCUT2D eigenvalue weighted by Crippen LogP contribution is -2.07. The Morgan fingerprint density at radius 3 is 2.44 bits per heavy atom. The second-order valence-electron chi connectivity index (χ2n) is 4.21. The fourth-order valence-corrected chi connectivity index (χ4v) is 2.02. The Hall–Kier alpha value is -1.71. The minimum absolute atomic E-state index is 0.0155. The second kappa shape index (κ2) is 5.76. The number of ether oxygens (including phenoxy) is 1. The number of Topliss-reactive ketones (excluding diaryl/α,β-unsaturated/α-hetero) is 1. The van der Waals surface area contributed by atoms with Crippen molar-refractivity contribution in [3.63, 3.8) is 0 Å². The fraction of sp³-hybridized carbons (Fsp3) is 0.357. The molecule has 0 aliphatic heterocycles. The Kier molecular flexibility index (Phi) is 4.07. The standard InChI is InChI=1S/C14H14F2O2/c15-14(16)18-12-8-6-11(7-9-12)13(17)10-4-2-1-3-5-10/h4,6-9,14H,1-3,5H2. The molecule has 0 unspecified atom stereocenters. The summed E-state index contributed by atoms with van der Waals surface area (Å²) in [4.78, 5) is 12.1. The van der Waals surface area contributed by atoms with Crippen LogP contribution in [0.5, 0.6) is 5.75 Å². The first-order chi connectivity index (χ1) is 8.66. The van der Waals surface area contributed by atoms with E-state index in [4.69, 9.17) is 0 Å². The number of benzene rings is 1. The van der Waals surface area contributed by atoms with E-state index in [2.05, 4.69) is 4.74 Å². The van der Waals surface area contributed by atoms with Crippen LogP contribution in [0.15, 0.2) is 35.9 Å². The molecule has 0 aromatic heterocycles. The molecule has 1 aliphatic rings. The lowest BCUT2D eigenvalue weighted by molar-refractivity contribution is -0.0498. The third-order valence-corrected chi connectivity index (χ3v) is 2.92. The van der Waals surface area contributed by atoms with Crippen LogP contribution in [0, 0.1) is 0 Å². The van der Waals surface area contributed by atoms with E-state index in [1.165, 1.54) is 24.3 Å². The zero-order chi connectivity index (χ0) is 13.0. The topological polar surface area (TPSA) is 26.3 Å². The molecule has 0 saturated heterocycles. The molecule has 0 heterocycles. The summed E-state index contributed by atoms with van der Waals surface area (Å²) in [6.07, 6.45) is 5.86. The van der Waals surface area contributed by atoms with E-state index in [9.17, 15) is 13.6 Å². The van der Waals surface area contributed by atoms with Crippen molar-refractivity contribution in [1.29, 1.82) is 0 Å². The van der Waals surface area contributed by atoms with Crippen LogP contribution in [-0.2, 0) is 0 Å². The van der Waals surface area contributed by atoms with Crippen molar-refractivity contribution < 1.29 is 18.3 Å². The maximum absolute atomic E-state index is 12.1. The summed E-state index contributed by atoms with van der Waals surface area (Å²) in [7, 11) is 0. The van der Waals surface area contributed by atoms with Crippen LogP contribution in [0.3, 0.4) is 0 Å². The van der Waals surface area contributed by atoms with Crippen molar-refractivity contribution in [3.05, 3.63) is 41.5 Å². The molecule has 0 radical (unpaired) electrons. The highest BCUT2D eigenvalue weighted by atomic mass is 19.3. The molecule has 0 bridgehead atoms. The van der Waals surface area contributed by atoms with Gasteiger partial charge in [-0.2, -0.15) is 8.78 Å². The number of carbonyl (C=O) groups is 1. The van der Waals surface area contributed by atoms with Crippen molar-refractivity contribution in [2.45, 2.75) is 32.3 Å². The van der Waals surface area contributed by atoms with Gasteiger partial charge in [0.15, 0.2) is 5.78 Å². The van der Waals surface area contributed by atoms with Gasteiger partial charge in [-0.25, -0.2) is 0 Å². The summed E-state index contributed by atoms with van der Waals surface area (Å²) in [6.45, 7) is -2.84. The van der Waals surface area contributed by atoms with Gasteiger partial charge in [-0.1, -0.05) is 6.08 Å². The Labute approximate surface area is 104 Å². The van der Waals surface area contributed by atoms with Crippen LogP contribution in [0.4, 0.5) is 8.78 Å². The Morgan fingerprint density at radius 2 is 1.89 bits per heavy atom. The number of halogens is 2. The van der Waals surface area contributed by atoms with Gasteiger partial charge >= 0.3 is 6.61 Å². The largest absolute Gasteiger partial charge is 0.435 e. The predicted octanol–water partition coefficient (Wildman–Crippen LogP) is 3.97. The number of allylic oxidation sites excluding steroid dienone is 2. The number of alkyl halides is 2. The zero-order valence-electron chi connectivity index (χ0n) is 9.86. The maximum Gasteiger partial charge on any atom is 0.387 e. The summed E-state index contributed by atoms with van der Waals surface area (Å²) < 4.78 is 28.2. The van der Waals surface area contributed by atoms with Crippen LogP contribution < -0.4 is 4.74 Å². The third-order valence-electron chi connectivity index (χ3n) is 2.92. The van der Waals surface area contributed by atoms with E-state index >= 15 is 0 Å². The molecular weight excluding hydrogens is 238 g/mol. The average Bonchev–Trinajstić information content (AvgIpc) is 2.39. The fourth-order valence-electron chi connectivity index (χ4n) is 2.02. The average molecular weight is 252 g/mol. The molecule has 0 spiro atoms. The SMILES string of the molecule is O=C(C1=CCCCC1)c1ccc(OC(F)F)cc1. The number of hydrogen-bond acceptors (Lipinski definition) is 2. The van der Waals surface area contributed by atoms with Crippen LogP contribution in [-0.4, -0.2) is 12.4 Å². The van der Waals surface area contributed by atoms with Crippen LogP contribution in [0.25, 0.3) is 0 Å². The maximum atomic E-state index is 12.1. The molecule has 1 aromatic carbocycles. The molecule has 0 atom stereocenters. The normalized spacial score (nSPS) is 15.4. The van der Waals surface area contributed by atoms with E-state index < -0.39 is 6.61 Å². The van der Waals surface area contributed by atoms with Crippen LogP contribution in [0.1, 0.15) is 36.0 Å². The van der Waals surface area contributed by atoms with Gasteiger partial charge in [0.1, 0.15) is 5.75 Å². The van der Waals surface area contributed by atoms with Crippen molar-refractivity contribution in [3.8, 4) is 5.75 Å². The molecular formula is C14H14F2O2. The monoisotopic (exact) mass is 252 g/mol. The smallest absolute Gasteiger partial charge is 0.387 e. The van der Waals surface area contributed by atoms with Gasteiger partial charge in [-0.15, -0.1) is 0 Å². The lowest BCUT2D eigenvalue weighted by atomic mass is 9.93.